The van der Waals surface area contributed by atoms with Crippen LogP contribution in [0.25, 0.3) is 22.2 Å². The van der Waals surface area contributed by atoms with E-state index >= 15 is 0 Å². The van der Waals surface area contributed by atoms with Gasteiger partial charge in [0.2, 0.25) is 5.95 Å². The number of hydrogen-bond donors (Lipinski definition) is 2. The highest BCUT2D eigenvalue weighted by molar-refractivity contribution is 5.82. The first-order chi connectivity index (χ1) is 16.9. The Morgan fingerprint density at radius 3 is 2.46 bits per heavy atom. The van der Waals surface area contributed by atoms with Gasteiger partial charge in [0.1, 0.15) is 5.65 Å². The minimum Gasteiger partial charge on any atom is -0.465 e. The van der Waals surface area contributed by atoms with Crippen LogP contribution in [0.5, 0.6) is 0 Å². The molecule has 1 amide bonds. The number of carboxylic acid groups (broad SMARTS) is 1. The Morgan fingerprint density at radius 2 is 1.77 bits per heavy atom. The summed E-state index contributed by atoms with van der Waals surface area (Å²) in [6.45, 7) is 4.87. The lowest BCUT2D eigenvalue weighted by Gasteiger charge is -2.31. The lowest BCUT2D eigenvalue weighted by atomic mass is 9.99. The number of aromatic nitrogens is 3. The number of aryl methyl sites for hydroxylation is 1. The number of amides is 1. The largest absolute Gasteiger partial charge is 0.465 e. The van der Waals surface area contributed by atoms with Crippen LogP contribution in [-0.4, -0.2) is 74.8 Å². The molecule has 2 saturated heterocycles. The minimum absolute atomic E-state index is 0.0132. The van der Waals surface area contributed by atoms with Crippen LogP contribution in [0.3, 0.4) is 0 Å². The summed E-state index contributed by atoms with van der Waals surface area (Å²) in [6.07, 6.45) is 4.09. The van der Waals surface area contributed by atoms with E-state index in [0.29, 0.717) is 43.1 Å². The third kappa shape index (κ3) is 4.73. The molecule has 1 aromatic carbocycles. The number of nitrogens with zero attached hydrogens (tertiary/aromatic N) is 5. The van der Waals surface area contributed by atoms with Gasteiger partial charge in [-0.05, 0) is 69.9 Å². The maximum atomic E-state index is 13.9. The second-order valence-electron chi connectivity index (χ2n) is 9.74. The van der Waals surface area contributed by atoms with Crippen LogP contribution < -0.4 is 10.9 Å². The summed E-state index contributed by atoms with van der Waals surface area (Å²) < 4.78 is 1.89. The summed E-state index contributed by atoms with van der Waals surface area (Å²) in [5.41, 5.74) is 3.32. The molecule has 0 aliphatic carbocycles. The molecule has 2 aliphatic rings. The van der Waals surface area contributed by atoms with Gasteiger partial charge >= 0.3 is 6.09 Å². The van der Waals surface area contributed by atoms with Crippen molar-refractivity contribution in [1.82, 2.24) is 24.3 Å². The number of fused-ring (bicyclic) bond motifs is 1. The molecule has 0 spiro atoms. The predicted octanol–water partition coefficient (Wildman–Crippen LogP) is 3.59. The van der Waals surface area contributed by atoms with Crippen molar-refractivity contribution >= 4 is 23.1 Å². The average molecular weight is 477 g/mol. The van der Waals surface area contributed by atoms with Crippen LogP contribution in [0.1, 0.15) is 37.3 Å². The van der Waals surface area contributed by atoms with E-state index < -0.39 is 6.09 Å². The van der Waals surface area contributed by atoms with E-state index in [1.807, 2.05) is 41.8 Å². The van der Waals surface area contributed by atoms with Crippen LogP contribution in [0.15, 0.2) is 41.3 Å². The number of piperidine rings is 2. The van der Waals surface area contributed by atoms with Crippen molar-refractivity contribution in [2.75, 3.05) is 38.5 Å². The van der Waals surface area contributed by atoms with Gasteiger partial charge in [0.25, 0.3) is 5.56 Å². The summed E-state index contributed by atoms with van der Waals surface area (Å²) in [5, 5.41) is 13.4. The number of carbonyl (C=O) groups is 1. The first-order valence-corrected chi connectivity index (χ1v) is 12.3. The number of nitrogens with one attached hydrogen (secondary N) is 1. The molecule has 2 aliphatic heterocycles. The van der Waals surface area contributed by atoms with Crippen molar-refractivity contribution in [3.8, 4) is 11.1 Å². The highest BCUT2D eigenvalue weighted by Gasteiger charge is 2.25. The number of hydrogen-bond acceptors (Lipinski definition) is 6. The monoisotopic (exact) mass is 476 g/mol. The summed E-state index contributed by atoms with van der Waals surface area (Å²) in [6, 6.07) is 10.1. The molecule has 0 bridgehead atoms. The van der Waals surface area contributed by atoms with Crippen molar-refractivity contribution in [2.24, 2.45) is 0 Å². The lowest BCUT2D eigenvalue weighted by Crippen LogP contribution is -2.42. The quantitative estimate of drug-likeness (QED) is 0.593. The van der Waals surface area contributed by atoms with E-state index in [1.54, 1.807) is 6.20 Å². The number of benzene rings is 1. The van der Waals surface area contributed by atoms with Gasteiger partial charge in [-0.15, -0.1) is 0 Å². The average Bonchev–Trinajstić information content (AvgIpc) is 2.85. The van der Waals surface area contributed by atoms with E-state index in [9.17, 15) is 14.7 Å². The Hall–Kier alpha value is -3.46. The van der Waals surface area contributed by atoms with Gasteiger partial charge < -0.3 is 20.2 Å². The molecule has 9 nitrogen and oxygen atoms in total. The maximum Gasteiger partial charge on any atom is 0.407 e. The van der Waals surface area contributed by atoms with Gasteiger partial charge in [-0.1, -0.05) is 24.3 Å². The Bertz CT molecular complexity index is 1290. The first-order valence-electron chi connectivity index (χ1n) is 12.3. The molecule has 4 heterocycles. The SMILES string of the molecule is Cc1ccccc1-c1cc2cnc(NC3CCN(C(=O)O)CC3)nc2n(C2CCN(C)CC2)c1=O. The summed E-state index contributed by atoms with van der Waals surface area (Å²) in [4.78, 5) is 38.3. The molecule has 2 fully saturated rings. The Morgan fingerprint density at radius 1 is 1.06 bits per heavy atom. The zero-order valence-electron chi connectivity index (χ0n) is 20.3. The van der Waals surface area contributed by atoms with E-state index in [1.165, 1.54) is 4.90 Å². The maximum absolute atomic E-state index is 13.9. The fraction of sp³-hybridized carbons (Fsp3) is 0.462. The molecule has 0 unspecified atom stereocenters. The number of pyridine rings is 1. The van der Waals surface area contributed by atoms with Gasteiger partial charge in [0, 0.05) is 42.3 Å². The highest BCUT2D eigenvalue weighted by atomic mass is 16.4. The number of rotatable bonds is 4. The fourth-order valence-electron chi connectivity index (χ4n) is 5.25. The molecular weight excluding hydrogens is 444 g/mol. The lowest BCUT2D eigenvalue weighted by molar-refractivity contribution is 0.133. The second kappa shape index (κ2) is 9.65. The van der Waals surface area contributed by atoms with Crippen LogP contribution in [0, 0.1) is 6.92 Å². The molecule has 0 radical (unpaired) electrons. The number of anilines is 1. The van der Waals surface area contributed by atoms with Crippen LogP contribution >= 0.6 is 0 Å². The van der Waals surface area contributed by atoms with Crippen molar-refractivity contribution in [2.45, 2.75) is 44.7 Å². The van der Waals surface area contributed by atoms with E-state index in [4.69, 9.17) is 4.98 Å². The smallest absolute Gasteiger partial charge is 0.407 e. The molecule has 5 rings (SSSR count). The first kappa shape index (κ1) is 23.3. The topological polar surface area (TPSA) is 104 Å². The van der Waals surface area contributed by atoms with Gasteiger partial charge in [-0.25, -0.2) is 9.78 Å². The highest BCUT2D eigenvalue weighted by Crippen LogP contribution is 2.29. The minimum atomic E-state index is -0.878. The zero-order chi connectivity index (χ0) is 24.5. The third-order valence-corrected chi connectivity index (χ3v) is 7.36. The van der Waals surface area contributed by atoms with E-state index in [-0.39, 0.29) is 17.6 Å². The van der Waals surface area contributed by atoms with Crippen molar-refractivity contribution in [3.63, 3.8) is 0 Å². The predicted molar refractivity (Wildman–Crippen MR) is 136 cm³/mol. The Labute approximate surface area is 204 Å². The van der Waals surface area contributed by atoms with Crippen LogP contribution in [0.4, 0.5) is 10.7 Å². The summed E-state index contributed by atoms with van der Waals surface area (Å²) in [5.74, 6) is 0.482. The van der Waals surface area contributed by atoms with Crippen LogP contribution in [-0.2, 0) is 0 Å². The summed E-state index contributed by atoms with van der Waals surface area (Å²) >= 11 is 0. The van der Waals surface area contributed by atoms with E-state index in [0.717, 1.165) is 42.4 Å². The molecule has 0 saturated carbocycles. The zero-order valence-corrected chi connectivity index (χ0v) is 20.3. The number of likely N-dealkylation sites (tertiary alicyclic amines) is 2. The van der Waals surface area contributed by atoms with Crippen molar-refractivity contribution in [1.29, 1.82) is 0 Å². The Balaban J connectivity index is 1.54. The standard InChI is InChI=1S/C26H32N6O3/c1-17-5-3-4-6-21(17)22-15-18-16-27-25(28-19-7-13-31(14-8-19)26(34)35)29-23(18)32(24(22)33)20-9-11-30(2)12-10-20/h3-6,15-16,19-20H,7-14H2,1-2H3,(H,34,35)(H,27,28,29). The van der Waals surface area contributed by atoms with Crippen molar-refractivity contribution < 1.29 is 9.90 Å². The molecule has 184 valence electrons. The summed E-state index contributed by atoms with van der Waals surface area (Å²) in [7, 11) is 2.11. The van der Waals surface area contributed by atoms with Crippen LogP contribution in [0.2, 0.25) is 0 Å². The molecule has 3 aromatic rings. The Kier molecular flexibility index (Phi) is 6.42. The second-order valence-corrected chi connectivity index (χ2v) is 9.74. The van der Waals surface area contributed by atoms with Gasteiger partial charge in [-0.3, -0.25) is 9.36 Å². The molecule has 0 atom stereocenters. The fourth-order valence-corrected chi connectivity index (χ4v) is 5.25. The molecular formula is C26H32N6O3. The van der Waals surface area contributed by atoms with Gasteiger partial charge in [0.05, 0.1) is 0 Å². The molecule has 9 heteroatoms. The molecule has 35 heavy (non-hydrogen) atoms. The van der Waals surface area contributed by atoms with E-state index in [2.05, 4.69) is 22.2 Å². The van der Waals surface area contributed by atoms with Crippen molar-refractivity contribution in [3.05, 3.63) is 52.4 Å². The molecule has 2 aromatic heterocycles. The molecule has 2 N–H and O–H groups in total. The van der Waals surface area contributed by atoms with Gasteiger partial charge in [-0.2, -0.15) is 4.98 Å². The normalized spacial score (nSPS) is 18.2. The van der Waals surface area contributed by atoms with Gasteiger partial charge in [0.15, 0.2) is 0 Å². The third-order valence-electron chi connectivity index (χ3n) is 7.36.